The van der Waals surface area contributed by atoms with Gasteiger partial charge in [-0.25, -0.2) is 4.79 Å². The number of ketones is 2. The van der Waals surface area contributed by atoms with Gasteiger partial charge in [-0.15, -0.1) is 0 Å². The van der Waals surface area contributed by atoms with Crippen LogP contribution in [0.2, 0.25) is 0 Å². The lowest BCUT2D eigenvalue weighted by Gasteiger charge is -2.39. The van der Waals surface area contributed by atoms with Crippen LogP contribution in [-0.4, -0.2) is 43.1 Å². The summed E-state index contributed by atoms with van der Waals surface area (Å²) < 4.78 is 0. The van der Waals surface area contributed by atoms with E-state index in [0.717, 1.165) is 6.07 Å². The van der Waals surface area contributed by atoms with Crippen molar-refractivity contribution >= 4 is 17.5 Å². The van der Waals surface area contributed by atoms with Gasteiger partial charge in [0.25, 0.3) is 0 Å². The molecule has 9 heteroatoms. The molecule has 0 amide bonds. The van der Waals surface area contributed by atoms with Crippen molar-refractivity contribution in [1.82, 2.24) is 0 Å². The van der Waals surface area contributed by atoms with Gasteiger partial charge in [-0.2, -0.15) is 0 Å². The molecule has 0 spiro atoms. The molecule has 9 nitrogen and oxygen atoms in total. The van der Waals surface area contributed by atoms with Crippen LogP contribution in [0.25, 0.3) is 0 Å². The number of aromatic hydroxyl groups is 3. The van der Waals surface area contributed by atoms with Crippen LogP contribution in [0.5, 0.6) is 23.0 Å². The van der Waals surface area contributed by atoms with E-state index in [0.29, 0.717) is 5.56 Å². The maximum atomic E-state index is 13.6. The van der Waals surface area contributed by atoms with E-state index in [1.807, 2.05) is 0 Å². The van der Waals surface area contributed by atoms with Crippen molar-refractivity contribution in [2.75, 3.05) is 0 Å². The van der Waals surface area contributed by atoms with Crippen molar-refractivity contribution in [3.63, 3.8) is 0 Å². The maximum absolute atomic E-state index is 13.6. The van der Waals surface area contributed by atoms with Crippen molar-refractivity contribution in [3.8, 4) is 23.0 Å². The van der Waals surface area contributed by atoms with E-state index in [2.05, 4.69) is 0 Å². The van der Waals surface area contributed by atoms with E-state index in [4.69, 9.17) is 0 Å². The number of aliphatic hydroxyl groups excluding tert-OH is 1. The summed E-state index contributed by atoms with van der Waals surface area (Å²) >= 11 is 0. The molecule has 0 fully saturated rings. The van der Waals surface area contributed by atoms with Crippen LogP contribution in [0.4, 0.5) is 0 Å². The summed E-state index contributed by atoms with van der Waals surface area (Å²) in [5.74, 6) is -6.78. The highest BCUT2D eigenvalue weighted by molar-refractivity contribution is 6.18. The average Bonchev–Trinajstić information content (AvgIpc) is 2.89. The van der Waals surface area contributed by atoms with Crippen LogP contribution in [0.1, 0.15) is 81.9 Å². The molecule has 39 heavy (non-hydrogen) atoms. The van der Waals surface area contributed by atoms with Crippen molar-refractivity contribution in [1.29, 1.82) is 0 Å². The van der Waals surface area contributed by atoms with Crippen LogP contribution in [0.15, 0.2) is 60.7 Å². The van der Waals surface area contributed by atoms with Gasteiger partial charge >= 0.3 is 5.97 Å². The second-order valence-electron chi connectivity index (χ2n) is 9.58. The highest BCUT2D eigenvalue weighted by Crippen LogP contribution is 2.55. The predicted octanol–water partition coefficient (Wildman–Crippen LogP) is 3.12. The van der Waals surface area contributed by atoms with Crippen LogP contribution in [0.3, 0.4) is 0 Å². The molecular formula is C30H19O9-. The number of carbonyl (C=O) groups is 3. The molecule has 0 saturated carbocycles. The standard InChI is InChI=1S/C30H20O9/c31-11-12-7-16-22(14-3-1-5-18(32)24(14)28(36)26(16)20(34)8-12)23-15-4-2-6-19(33)25(15)29(37)27-17(23)9-13(30(38)39)10-21(27)35/h1-10,22-23,31-35H,11H2,(H,38,39)/p-1/t22-,23-/m1/s1. The first-order valence-electron chi connectivity index (χ1n) is 11.9. The van der Waals surface area contributed by atoms with E-state index in [1.165, 1.54) is 42.5 Å². The summed E-state index contributed by atoms with van der Waals surface area (Å²) in [7, 11) is 0. The summed E-state index contributed by atoms with van der Waals surface area (Å²) in [6.07, 6.45) is 0. The normalized spacial score (nSPS) is 17.2. The van der Waals surface area contributed by atoms with Gasteiger partial charge < -0.3 is 30.6 Å². The third kappa shape index (κ3) is 3.33. The lowest BCUT2D eigenvalue weighted by Crippen LogP contribution is -2.30. The lowest BCUT2D eigenvalue weighted by molar-refractivity contribution is -0.268. The largest absolute Gasteiger partial charge is 0.872 e. The zero-order valence-electron chi connectivity index (χ0n) is 20.0. The number of phenolic OH excluding ortho intramolecular Hbond substituents is 3. The molecule has 4 aromatic carbocycles. The fourth-order valence-electron chi connectivity index (χ4n) is 5.98. The highest BCUT2D eigenvalue weighted by Gasteiger charge is 2.45. The SMILES string of the molecule is O=C(O)c1cc(O)c2c(c1)[C@H]([C@@H]1c3cccc(O)c3C(=O)c3c(O)cc(CO)cc31)c1cccc([O-])c1C2=O. The molecular weight excluding hydrogens is 504 g/mol. The fourth-order valence-corrected chi connectivity index (χ4v) is 5.98. The number of fused-ring (bicyclic) bond motifs is 4. The smallest absolute Gasteiger partial charge is 0.335 e. The summed E-state index contributed by atoms with van der Waals surface area (Å²) in [6, 6.07) is 13.5. The van der Waals surface area contributed by atoms with Crippen molar-refractivity contribution in [2.24, 2.45) is 0 Å². The minimum absolute atomic E-state index is 0.0982. The predicted molar refractivity (Wildman–Crippen MR) is 134 cm³/mol. The molecule has 6 rings (SSSR count). The van der Waals surface area contributed by atoms with Gasteiger partial charge in [0.1, 0.15) is 17.2 Å². The molecule has 0 bridgehead atoms. The Morgan fingerprint density at radius 2 is 1.23 bits per heavy atom. The Morgan fingerprint density at radius 3 is 1.87 bits per heavy atom. The topological polar surface area (TPSA) is 175 Å². The number of phenols is 3. The van der Waals surface area contributed by atoms with Gasteiger partial charge in [-0.3, -0.25) is 9.59 Å². The molecule has 194 valence electrons. The minimum atomic E-state index is -1.36. The molecule has 2 aliphatic rings. The summed E-state index contributed by atoms with van der Waals surface area (Å²) in [6.45, 7) is -0.473. The Labute approximate surface area is 220 Å². The van der Waals surface area contributed by atoms with Crippen LogP contribution in [0, 0.1) is 0 Å². The summed E-state index contributed by atoms with van der Waals surface area (Å²) in [5, 5.41) is 65.0. The quantitative estimate of drug-likeness (QED) is 0.270. The molecule has 4 aromatic rings. The number of hydrogen-bond donors (Lipinski definition) is 5. The Morgan fingerprint density at radius 1 is 0.692 bits per heavy atom. The minimum Gasteiger partial charge on any atom is -0.872 e. The van der Waals surface area contributed by atoms with Crippen molar-refractivity contribution in [2.45, 2.75) is 18.4 Å². The maximum Gasteiger partial charge on any atom is 0.335 e. The molecule has 0 aromatic heterocycles. The van der Waals surface area contributed by atoms with Gasteiger partial charge in [0.15, 0.2) is 5.78 Å². The third-order valence-corrected chi connectivity index (χ3v) is 7.50. The molecule has 0 aliphatic heterocycles. The van der Waals surface area contributed by atoms with Crippen LogP contribution >= 0.6 is 0 Å². The first-order chi connectivity index (χ1) is 18.6. The van der Waals surface area contributed by atoms with Crippen LogP contribution in [-0.2, 0) is 6.61 Å². The van der Waals surface area contributed by atoms with Gasteiger partial charge in [0, 0.05) is 17.4 Å². The average molecular weight is 523 g/mol. The highest BCUT2D eigenvalue weighted by atomic mass is 16.4. The van der Waals surface area contributed by atoms with E-state index in [9.17, 15) is 45.0 Å². The Balaban J connectivity index is 1.78. The number of carbonyl (C=O) groups excluding carboxylic acids is 2. The van der Waals surface area contributed by atoms with Gasteiger partial charge in [0.2, 0.25) is 5.78 Å². The lowest BCUT2D eigenvalue weighted by atomic mass is 9.63. The number of carboxylic acid groups (broad SMARTS) is 1. The molecule has 2 aliphatic carbocycles. The van der Waals surface area contributed by atoms with Gasteiger partial charge in [0.05, 0.1) is 28.9 Å². The van der Waals surface area contributed by atoms with Gasteiger partial charge in [-0.05, 0) is 52.1 Å². The second kappa shape index (κ2) is 8.44. The number of aliphatic hydroxyl groups is 1. The Hall–Kier alpha value is -5.15. The summed E-state index contributed by atoms with van der Waals surface area (Å²) in [4.78, 5) is 39.0. The zero-order valence-corrected chi connectivity index (χ0v) is 20.0. The Kier molecular flexibility index (Phi) is 5.24. The number of hydrogen-bond acceptors (Lipinski definition) is 8. The van der Waals surface area contributed by atoms with E-state index >= 15 is 0 Å². The molecule has 0 saturated heterocycles. The number of benzene rings is 4. The first-order valence-corrected chi connectivity index (χ1v) is 11.9. The molecule has 5 N–H and O–H groups in total. The van der Waals surface area contributed by atoms with Crippen molar-refractivity contribution in [3.05, 3.63) is 116 Å². The third-order valence-electron chi connectivity index (χ3n) is 7.50. The Bertz CT molecular complexity index is 1770. The van der Waals surface area contributed by atoms with Crippen LogP contribution < -0.4 is 5.11 Å². The number of carboxylic acids is 1. The van der Waals surface area contributed by atoms with E-state index < -0.39 is 53.2 Å². The second-order valence-corrected chi connectivity index (χ2v) is 9.58. The fraction of sp³-hybridized carbons (Fsp3) is 0.100. The molecule has 0 radical (unpaired) electrons. The summed E-state index contributed by atoms with van der Waals surface area (Å²) in [5.41, 5.74) is 0.159. The van der Waals surface area contributed by atoms with E-state index in [1.54, 1.807) is 12.1 Å². The molecule has 0 unspecified atom stereocenters. The molecule has 0 heterocycles. The van der Waals surface area contributed by atoms with Gasteiger partial charge in [-0.1, -0.05) is 42.1 Å². The molecule has 2 atom stereocenters. The zero-order chi connectivity index (χ0) is 27.7. The first kappa shape index (κ1) is 24.2. The number of rotatable bonds is 3. The van der Waals surface area contributed by atoms with Crippen molar-refractivity contribution < 1.29 is 45.0 Å². The van der Waals surface area contributed by atoms with E-state index in [-0.39, 0.29) is 55.8 Å². The monoisotopic (exact) mass is 523 g/mol. The number of aromatic carboxylic acids is 1.